The molecular weight excluding hydrogens is 576 g/mol. The van der Waals surface area contributed by atoms with Crippen LogP contribution in [0.25, 0.3) is 22.9 Å². The van der Waals surface area contributed by atoms with E-state index in [4.69, 9.17) is 0 Å². The van der Waals surface area contributed by atoms with Gasteiger partial charge in [-0.2, -0.15) is 0 Å². The SMILES string of the molecule is O=C(Nc1ccc(C(=O)/C=C/c2cccc(Br)c2)cc1)/C(=C/c1cccc2ccccc12)NC(=O)c1ccccc1. The summed E-state index contributed by atoms with van der Waals surface area (Å²) in [5, 5.41) is 7.59. The van der Waals surface area contributed by atoms with Gasteiger partial charge in [-0.25, -0.2) is 0 Å². The van der Waals surface area contributed by atoms with Gasteiger partial charge in [0.2, 0.25) is 0 Å². The number of amides is 2. The topological polar surface area (TPSA) is 75.3 Å². The molecule has 0 fully saturated rings. The van der Waals surface area contributed by atoms with Crippen LogP contribution in [0.2, 0.25) is 0 Å². The number of carbonyl (C=O) groups is 3. The van der Waals surface area contributed by atoms with Crippen molar-refractivity contribution in [3.8, 4) is 0 Å². The molecule has 0 unspecified atom stereocenters. The minimum atomic E-state index is -0.490. The van der Waals surface area contributed by atoms with Crippen LogP contribution in [0, 0.1) is 0 Å². The Balaban J connectivity index is 1.37. The van der Waals surface area contributed by atoms with Crippen molar-refractivity contribution in [2.45, 2.75) is 0 Å². The fraction of sp³-hybridized carbons (Fsp3) is 0. The largest absolute Gasteiger partial charge is 0.321 e. The Morgan fingerprint density at radius 3 is 2.17 bits per heavy atom. The van der Waals surface area contributed by atoms with Crippen LogP contribution >= 0.6 is 15.9 Å². The first kappa shape index (κ1) is 27.5. The number of carbonyl (C=O) groups excluding carboxylic acids is 3. The zero-order chi connectivity index (χ0) is 28.6. The van der Waals surface area contributed by atoms with Gasteiger partial charge < -0.3 is 10.6 Å². The molecule has 41 heavy (non-hydrogen) atoms. The molecule has 0 saturated carbocycles. The normalized spacial score (nSPS) is 11.4. The number of halogens is 1. The zero-order valence-corrected chi connectivity index (χ0v) is 23.5. The molecule has 0 aliphatic carbocycles. The summed E-state index contributed by atoms with van der Waals surface area (Å²) in [5.41, 5.74) is 3.19. The van der Waals surface area contributed by atoms with Crippen molar-refractivity contribution in [3.63, 3.8) is 0 Å². The predicted octanol–water partition coefficient (Wildman–Crippen LogP) is 7.91. The van der Waals surface area contributed by atoms with Gasteiger partial charge in [-0.1, -0.05) is 94.8 Å². The lowest BCUT2D eigenvalue weighted by Gasteiger charge is -2.12. The van der Waals surface area contributed by atoms with Crippen LogP contribution in [0.4, 0.5) is 5.69 Å². The summed E-state index contributed by atoms with van der Waals surface area (Å²) in [6.07, 6.45) is 4.94. The second-order valence-corrected chi connectivity index (χ2v) is 10.1. The molecule has 2 amide bonds. The Morgan fingerprint density at radius 2 is 1.39 bits per heavy atom. The highest BCUT2D eigenvalue weighted by atomic mass is 79.9. The van der Waals surface area contributed by atoms with Crippen molar-refractivity contribution in [2.75, 3.05) is 5.32 Å². The van der Waals surface area contributed by atoms with Crippen molar-refractivity contribution >= 4 is 62.1 Å². The van der Waals surface area contributed by atoms with Crippen molar-refractivity contribution in [1.82, 2.24) is 5.32 Å². The van der Waals surface area contributed by atoms with Crippen molar-refractivity contribution < 1.29 is 14.4 Å². The molecule has 0 aliphatic heterocycles. The highest BCUT2D eigenvalue weighted by Crippen LogP contribution is 2.21. The van der Waals surface area contributed by atoms with Gasteiger partial charge in [0.15, 0.2) is 5.78 Å². The molecule has 200 valence electrons. The van der Waals surface area contributed by atoms with Crippen LogP contribution in [0.5, 0.6) is 0 Å². The number of hydrogen-bond donors (Lipinski definition) is 2. The molecule has 0 bridgehead atoms. The minimum Gasteiger partial charge on any atom is -0.321 e. The van der Waals surface area contributed by atoms with Crippen LogP contribution in [0.1, 0.15) is 31.8 Å². The average molecular weight is 602 g/mol. The van der Waals surface area contributed by atoms with Crippen molar-refractivity contribution in [1.29, 1.82) is 0 Å². The van der Waals surface area contributed by atoms with E-state index in [1.807, 2.05) is 72.8 Å². The summed E-state index contributed by atoms with van der Waals surface area (Å²) in [6.45, 7) is 0. The van der Waals surface area contributed by atoms with Gasteiger partial charge in [-0.05, 0) is 82.6 Å². The van der Waals surface area contributed by atoms with Crippen LogP contribution in [-0.2, 0) is 4.79 Å². The maximum Gasteiger partial charge on any atom is 0.272 e. The van der Waals surface area contributed by atoms with Gasteiger partial charge in [0.25, 0.3) is 11.8 Å². The van der Waals surface area contributed by atoms with E-state index in [1.165, 1.54) is 6.08 Å². The monoisotopic (exact) mass is 600 g/mol. The molecule has 0 atom stereocenters. The lowest BCUT2D eigenvalue weighted by atomic mass is 10.0. The smallest absolute Gasteiger partial charge is 0.272 e. The summed E-state index contributed by atoms with van der Waals surface area (Å²) in [6, 6.07) is 36.6. The summed E-state index contributed by atoms with van der Waals surface area (Å²) in [5.74, 6) is -1.05. The molecular formula is C35H25BrN2O3. The van der Waals surface area contributed by atoms with Gasteiger partial charge in [0, 0.05) is 21.3 Å². The predicted molar refractivity (Wildman–Crippen MR) is 168 cm³/mol. The first-order valence-corrected chi connectivity index (χ1v) is 13.7. The van der Waals surface area contributed by atoms with Crippen molar-refractivity contribution in [3.05, 3.63) is 160 Å². The van der Waals surface area contributed by atoms with E-state index in [1.54, 1.807) is 60.7 Å². The maximum absolute atomic E-state index is 13.4. The molecule has 0 spiro atoms. The molecule has 5 aromatic carbocycles. The van der Waals surface area contributed by atoms with Crippen molar-refractivity contribution in [2.24, 2.45) is 0 Å². The van der Waals surface area contributed by atoms with E-state index in [0.29, 0.717) is 16.8 Å². The van der Waals surface area contributed by atoms with E-state index >= 15 is 0 Å². The van der Waals surface area contributed by atoms with E-state index in [-0.39, 0.29) is 11.5 Å². The highest BCUT2D eigenvalue weighted by Gasteiger charge is 2.16. The van der Waals surface area contributed by atoms with E-state index in [9.17, 15) is 14.4 Å². The molecule has 0 aromatic heterocycles. The second kappa shape index (κ2) is 12.9. The average Bonchev–Trinajstić information content (AvgIpc) is 3.00. The Labute approximate surface area is 246 Å². The summed E-state index contributed by atoms with van der Waals surface area (Å²) in [7, 11) is 0. The molecule has 0 radical (unpaired) electrons. The van der Waals surface area contributed by atoms with Crippen LogP contribution in [0.15, 0.2) is 138 Å². The molecule has 6 heteroatoms. The third-order valence-corrected chi connectivity index (χ3v) is 6.85. The minimum absolute atomic E-state index is 0.0901. The summed E-state index contributed by atoms with van der Waals surface area (Å²) in [4.78, 5) is 39.1. The van der Waals surface area contributed by atoms with E-state index in [0.717, 1.165) is 26.4 Å². The fourth-order valence-electron chi connectivity index (χ4n) is 4.27. The van der Waals surface area contributed by atoms with Gasteiger partial charge in [0.05, 0.1) is 0 Å². The molecule has 5 aromatic rings. The van der Waals surface area contributed by atoms with Gasteiger partial charge in [-0.3, -0.25) is 14.4 Å². The van der Waals surface area contributed by atoms with Crippen LogP contribution < -0.4 is 10.6 Å². The standard InChI is InChI=1S/C35H25BrN2O3/c36-29-14-6-8-24(22-29)16-21-33(39)26-17-19-30(20-18-26)37-35(41)32(38-34(40)27-10-2-1-3-11-27)23-28-13-7-12-25-9-4-5-15-31(25)28/h1-23H,(H,37,41)(H,38,40)/b21-16+,32-23-. The van der Waals surface area contributed by atoms with Crippen LogP contribution in [-0.4, -0.2) is 17.6 Å². The first-order valence-electron chi connectivity index (χ1n) is 12.9. The Morgan fingerprint density at radius 1 is 0.683 bits per heavy atom. The quantitative estimate of drug-likeness (QED) is 0.140. The molecule has 0 aliphatic rings. The number of ketones is 1. The molecule has 2 N–H and O–H groups in total. The highest BCUT2D eigenvalue weighted by molar-refractivity contribution is 9.10. The number of hydrogen-bond acceptors (Lipinski definition) is 3. The Kier molecular flexibility index (Phi) is 8.62. The third-order valence-electron chi connectivity index (χ3n) is 6.36. The van der Waals surface area contributed by atoms with Gasteiger partial charge >= 0.3 is 0 Å². The second-order valence-electron chi connectivity index (χ2n) is 9.23. The number of fused-ring (bicyclic) bond motifs is 1. The Bertz CT molecular complexity index is 1790. The van der Waals surface area contributed by atoms with Crippen LogP contribution in [0.3, 0.4) is 0 Å². The summed E-state index contributed by atoms with van der Waals surface area (Å²) < 4.78 is 0.932. The molecule has 5 nitrogen and oxygen atoms in total. The van der Waals surface area contributed by atoms with E-state index in [2.05, 4.69) is 26.6 Å². The third kappa shape index (κ3) is 7.12. The van der Waals surface area contributed by atoms with E-state index < -0.39 is 11.8 Å². The Hall–Kier alpha value is -5.07. The maximum atomic E-state index is 13.4. The number of nitrogens with one attached hydrogen (secondary N) is 2. The molecule has 5 rings (SSSR count). The zero-order valence-electron chi connectivity index (χ0n) is 21.9. The van der Waals surface area contributed by atoms with Gasteiger partial charge in [0.1, 0.15) is 5.70 Å². The van der Waals surface area contributed by atoms with Gasteiger partial charge in [-0.15, -0.1) is 0 Å². The number of allylic oxidation sites excluding steroid dienone is 1. The number of anilines is 1. The molecule has 0 heterocycles. The number of benzene rings is 5. The lowest BCUT2D eigenvalue weighted by molar-refractivity contribution is -0.113. The number of rotatable bonds is 8. The fourth-order valence-corrected chi connectivity index (χ4v) is 4.69. The summed E-state index contributed by atoms with van der Waals surface area (Å²) >= 11 is 3.43. The first-order chi connectivity index (χ1) is 20.0. The molecule has 0 saturated heterocycles. The lowest BCUT2D eigenvalue weighted by Crippen LogP contribution is -2.30.